The van der Waals surface area contributed by atoms with E-state index in [2.05, 4.69) is 30.0 Å². The molecule has 2 saturated carbocycles. The molecule has 0 radical (unpaired) electrons. The van der Waals surface area contributed by atoms with E-state index in [1.807, 2.05) is 0 Å². The van der Waals surface area contributed by atoms with Crippen molar-refractivity contribution < 1.29 is 5.11 Å². The molecule has 3 N–H and O–H groups in total. The maximum atomic E-state index is 12.0. The lowest BCUT2D eigenvalue weighted by molar-refractivity contribution is -0.169. The molecule has 3 aliphatic carbocycles. The van der Waals surface area contributed by atoms with Crippen LogP contribution in [0.25, 0.3) is 0 Å². The molecule has 2 unspecified atom stereocenters. The molecule has 4 aliphatic rings. The first kappa shape index (κ1) is 15.4. The monoisotopic (exact) mass is 326 g/mol. The van der Waals surface area contributed by atoms with Gasteiger partial charge in [0.1, 0.15) is 0 Å². The first-order chi connectivity index (χ1) is 11.5. The second kappa shape index (κ2) is 5.06. The fraction of sp³-hybridized carbons (Fsp3) is 0.714. The molecule has 1 saturated heterocycles. The molecule has 1 aromatic rings. The number of aliphatic hydroxyl groups is 1. The van der Waals surface area contributed by atoms with Crippen LogP contribution in [0, 0.1) is 12.8 Å². The van der Waals surface area contributed by atoms with Gasteiger partial charge in [0.15, 0.2) is 0 Å². The maximum absolute atomic E-state index is 12.0. The van der Waals surface area contributed by atoms with Crippen LogP contribution < -0.4 is 5.73 Å². The number of nitrogens with zero attached hydrogens (tertiary/aromatic N) is 1. The van der Waals surface area contributed by atoms with Crippen LogP contribution in [0.3, 0.4) is 0 Å². The number of rotatable bonds is 2. The molecule has 130 valence electrons. The average molecular weight is 326 g/mol. The van der Waals surface area contributed by atoms with Crippen molar-refractivity contribution in [2.75, 3.05) is 13.1 Å². The molecule has 0 amide bonds. The van der Waals surface area contributed by atoms with E-state index in [9.17, 15) is 5.11 Å². The zero-order chi connectivity index (χ0) is 16.5. The Hall–Kier alpha value is -0.900. The van der Waals surface area contributed by atoms with Gasteiger partial charge in [-0.15, -0.1) is 0 Å². The third-order valence-corrected chi connectivity index (χ3v) is 7.54. The first-order valence-corrected chi connectivity index (χ1v) is 9.84. The topological polar surface area (TPSA) is 49.5 Å². The Balaban J connectivity index is 1.64. The summed E-state index contributed by atoms with van der Waals surface area (Å²) >= 11 is 0. The smallest absolute Gasteiger partial charge is 0.0903 e. The van der Waals surface area contributed by atoms with Crippen LogP contribution in [0.2, 0.25) is 0 Å². The van der Waals surface area contributed by atoms with Crippen molar-refractivity contribution in [3.63, 3.8) is 0 Å². The molecule has 1 aromatic carbocycles. The van der Waals surface area contributed by atoms with E-state index in [-0.39, 0.29) is 17.5 Å². The Morgan fingerprint density at radius 2 is 2.08 bits per heavy atom. The summed E-state index contributed by atoms with van der Waals surface area (Å²) in [5.41, 5.74) is 9.91. The van der Waals surface area contributed by atoms with Gasteiger partial charge in [0, 0.05) is 24.0 Å². The lowest BCUT2D eigenvalue weighted by Crippen LogP contribution is -2.74. The molecule has 1 aliphatic heterocycles. The van der Waals surface area contributed by atoms with Crippen molar-refractivity contribution >= 4 is 0 Å². The molecular weight excluding hydrogens is 296 g/mol. The Morgan fingerprint density at radius 3 is 2.88 bits per heavy atom. The maximum Gasteiger partial charge on any atom is 0.0903 e. The quantitative estimate of drug-likeness (QED) is 0.878. The number of hydrogen-bond donors (Lipinski definition) is 2. The molecule has 2 bridgehead atoms. The minimum Gasteiger partial charge on any atom is -0.387 e. The lowest BCUT2D eigenvalue weighted by atomic mass is 9.49. The van der Waals surface area contributed by atoms with E-state index in [1.165, 1.54) is 36.1 Å². The van der Waals surface area contributed by atoms with Gasteiger partial charge >= 0.3 is 0 Å². The number of fused-ring (bicyclic) bond motifs is 1. The van der Waals surface area contributed by atoms with E-state index in [1.54, 1.807) is 0 Å². The van der Waals surface area contributed by atoms with E-state index in [4.69, 9.17) is 5.73 Å². The molecular formula is C21H30N2O. The van der Waals surface area contributed by atoms with Gasteiger partial charge in [-0.3, -0.25) is 4.90 Å². The zero-order valence-corrected chi connectivity index (χ0v) is 14.8. The normalized spacial score (nSPS) is 41.6. The Bertz CT molecular complexity index is 670. The number of hydrogen-bond acceptors (Lipinski definition) is 3. The summed E-state index contributed by atoms with van der Waals surface area (Å²) in [6, 6.07) is 7.43. The summed E-state index contributed by atoms with van der Waals surface area (Å²) < 4.78 is 0. The molecule has 0 spiro atoms. The Kier molecular flexibility index (Phi) is 3.24. The van der Waals surface area contributed by atoms with E-state index < -0.39 is 5.60 Å². The van der Waals surface area contributed by atoms with Crippen LogP contribution in [0.15, 0.2) is 18.2 Å². The molecule has 0 aromatic heterocycles. The van der Waals surface area contributed by atoms with Crippen molar-refractivity contribution in [3.05, 3.63) is 34.9 Å². The SMILES string of the molecule is Cc1ccc2c(c1)C13CCN(CC4CC4)C(C2)[C@]1(O)CC[C@@H](N)C3. The summed E-state index contributed by atoms with van der Waals surface area (Å²) in [5.74, 6) is 0.881. The fourth-order valence-electron chi connectivity index (χ4n) is 6.12. The van der Waals surface area contributed by atoms with Gasteiger partial charge in [-0.05, 0) is 75.5 Å². The predicted molar refractivity (Wildman–Crippen MR) is 96.0 cm³/mol. The van der Waals surface area contributed by atoms with Crippen LogP contribution in [-0.4, -0.2) is 40.8 Å². The second-order valence-corrected chi connectivity index (χ2v) is 9.08. The molecule has 3 fully saturated rings. The van der Waals surface area contributed by atoms with E-state index >= 15 is 0 Å². The van der Waals surface area contributed by atoms with Crippen molar-refractivity contribution in [2.45, 2.75) is 75.0 Å². The predicted octanol–water partition coefficient (Wildman–Crippen LogP) is 2.52. The van der Waals surface area contributed by atoms with Crippen molar-refractivity contribution in [1.82, 2.24) is 4.90 Å². The van der Waals surface area contributed by atoms with Crippen LogP contribution in [-0.2, 0) is 11.8 Å². The molecule has 1 heterocycles. The van der Waals surface area contributed by atoms with Crippen molar-refractivity contribution in [1.29, 1.82) is 0 Å². The number of likely N-dealkylation sites (tertiary alicyclic amines) is 1. The zero-order valence-electron chi connectivity index (χ0n) is 14.8. The van der Waals surface area contributed by atoms with Crippen molar-refractivity contribution in [2.24, 2.45) is 11.7 Å². The fourth-order valence-corrected chi connectivity index (χ4v) is 6.12. The van der Waals surface area contributed by atoms with E-state index in [0.717, 1.165) is 44.6 Å². The van der Waals surface area contributed by atoms with Gasteiger partial charge in [0.2, 0.25) is 0 Å². The summed E-state index contributed by atoms with van der Waals surface area (Å²) in [5, 5.41) is 12.0. The highest BCUT2D eigenvalue weighted by atomic mass is 16.3. The minimum atomic E-state index is -0.587. The molecule has 4 atom stereocenters. The lowest BCUT2D eigenvalue weighted by Gasteiger charge is -2.64. The average Bonchev–Trinajstić information content (AvgIpc) is 3.36. The number of aryl methyl sites for hydroxylation is 1. The summed E-state index contributed by atoms with van der Waals surface area (Å²) in [6.45, 7) is 4.49. The van der Waals surface area contributed by atoms with Gasteiger partial charge in [-0.1, -0.05) is 23.8 Å². The summed E-state index contributed by atoms with van der Waals surface area (Å²) in [4.78, 5) is 2.63. The van der Waals surface area contributed by atoms with Gasteiger partial charge in [0.25, 0.3) is 0 Å². The van der Waals surface area contributed by atoms with Gasteiger partial charge < -0.3 is 10.8 Å². The highest BCUT2D eigenvalue weighted by Crippen LogP contribution is 2.58. The second-order valence-electron chi connectivity index (χ2n) is 9.08. The van der Waals surface area contributed by atoms with Gasteiger partial charge in [0.05, 0.1) is 5.60 Å². The number of piperidine rings is 1. The van der Waals surface area contributed by atoms with E-state index in [0.29, 0.717) is 0 Å². The first-order valence-electron chi connectivity index (χ1n) is 9.84. The van der Waals surface area contributed by atoms with Crippen LogP contribution in [0.5, 0.6) is 0 Å². The Morgan fingerprint density at radius 1 is 1.25 bits per heavy atom. The highest BCUT2D eigenvalue weighted by molar-refractivity contribution is 5.47. The third kappa shape index (κ3) is 2.01. The number of nitrogens with two attached hydrogens (primary N) is 1. The largest absolute Gasteiger partial charge is 0.387 e. The number of benzene rings is 1. The van der Waals surface area contributed by atoms with Crippen LogP contribution >= 0.6 is 0 Å². The minimum absolute atomic E-state index is 0.116. The van der Waals surface area contributed by atoms with Gasteiger partial charge in [-0.2, -0.15) is 0 Å². The molecule has 3 nitrogen and oxygen atoms in total. The Labute approximate surface area is 145 Å². The van der Waals surface area contributed by atoms with Gasteiger partial charge in [-0.25, -0.2) is 0 Å². The van der Waals surface area contributed by atoms with Crippen molar-refractivity contribution in [3.8, 4) is 0 Å². The highest BCUT2D eigenvalue weighted by Gasteiger charge is 2.64. The standard InChI is InChI=1S/C21H30N2O/c1-14-2-5-16-11-19-21(24)7-6-17(22)12-20(21,18(16)10-14)8-9-23(19)13-15-3-4-15/h2,5,10,15,17,19,24H,3-4,6-9,11-13,22H2,1H3/t17-,19?,20?,21-/m1/s1. The summed E-state index contributed by atoms with van der Waals surface area (Å²) in [6.07, 6.45) is 7.63. The summed E-state index contributed by atoms with van der Waals surface area (Å²) in [7, 11) is 0. The van der Waals surface area contributed by atoms with Crippen LogP contribution in [0.4, 0.5) is 0 Å². The molecule has 3 heteroatoms. The third-order valence-electron chi connectivity index (χ3n) is 7.54. The van der Waals surface area contributed by atoms with Crippen LogP contribution in [0.1, 0.15) is 55.2 Å². The molecule has 5 rings (SSSR count). The molecule has 24 heavy (non-hydrogen) atoms.